The standard InChI is InChI=1S/C14H26O7/c1-10-5-14(6-21-14)13(20-9-17-4)12(19-8-16-3)11(10)18-7-15-2/h10-13H,5-9H2,1-4H3/t10-,11-,12-,13+,14+/m1/s1. The molecular weight excluding hydrogens is 280 g/mol. The van der Waals surface area contributed by atoms with Crippen molar-refractivity contribution in [2.24, 2.45) is 5.92 Å². The Labute approximate surface area is 125 Å². The van der Waals surface area contributed by atoms with Crippen molar-refractivity contribution in [3.8, 4) is 0 Å². The minimum atomic E-state index is -0.290. The summed E-state index contributed by atoms with van der Waals surface area (Å²) in [5.74, 6) is 0.270. The summed E-state index contributed by atoms with van der Waals surface area (Å²) in [6, 6.07) is 0. The maximum absolute atomic E-state index is 5.83. The molecule has 0 amide bonds. The molecule has 124 valence electrons. The van der Waals surface area contributed by atoms with Gasteiger partial charge in [-0.15, -0.1) is 0 Å². The predicted octanol–water partition coefficient (Wildman–Crippen LogP) is 0.763. The zero-order valence-corrected chi connectivity index (χ0v) is 13.2. The van der Waals surface area contributed by atoms with Crippen LogP contribution in [0.2, 0.25) is 0 Å². The van der Waals surface area contributed by atoms with Crippen LogP contribution < -0.4 is 0 Å². The normalized spacial score (nSPS) is 38.9. The Morgan fingerprint density at radius 3 is 1.95 bits per heavy atom. The van der Waals surface area contributed by atoms with Gasteiger partial charge in [0, 0.05) is 21.3 Å². The maximum Gasteiger partial charge on any atom is 0.146 e. The summed E-state index contributed by atoms with van der Waals surface area (Å²) in [5.41, 5.74) is -0.288. The molecule has 1 saturated carbocycles. The highest BCUT2D eigenvalue weighted by molar-refractivity contribution is 5.10. The lowest BCUT2D eigenvalue weighted by molar-refractivity contribution is -0.247. The van der Waals surface area contributed by atoms with Gasteiger partial charge in [0.2, 0.25) is 0 Å². The Kier molecular flexibility index (Phi) is 6.36. The zero-order valence-electron chi connectivity index (χ0n) is 13.2. The molecule has 1 aliphatic heterocycles. The van der Waals surface area contributed by atoms with Crippen LogP contribution in [0.3, 0.4) is 0 Å². The van der Waals surface area contributed by atoms with E-state index in [4.69, 9.17) is 33.2 Å². The second kappa shape index (κ2) is 7.82. The van der Waals surface area contributed by atoms with Crippen molar-refractivity contribution in [3.63, 3.8) is 0 Å². The summed E-state index contributed by atoms with van der Waals surface area (Å²) in [4.78, 5) is 0. The third-order valence-corrected chi connectivity index (χ3v) is 4.01. The monoisotopic (exact) mass is 306 g/mol. The van der Waals surface area contributed by atoms with E-state index in [0.29, 0.717) is 6.61 Å². The number of methoxy groups -OCH3 is 3. The highest BCUT2D eigenvalue weighted by Gasteiger charge is 2.62. The molecule has 1 heterocycles. The first-order chi connectivity index (χ1) is 10.2. The minimum Gasteiger partial charge on any atom is -0.367 e. The zero-order chi connectivity index (χ0) is 15.3. The molecule has 7 heteroatoms. The van der Waals surface area contributed by atoms with Gasteiger partial charge in [-0.05, 0) is 12.3 Å². The van der Waals surface area contributed by atoms with Crippen molar-refractivity contribution in [2.45, 2.75) is 37.3 Å². The Hall–Kier alpha value is -0.280. The van der Waals surface area contributed by atoms with Crippen LogP contribution in [-0.2, 0) is 33.2 Å². The summed E-state index contributed by atoms with van der Waals surface area (Å²) in [7, 11) is 4.78. The molecule has 2 fully saturated rings. The van der Waals surface area contributed by atoms with Gasteiger partial charge in [-0.3, -0.25) is 0 Å². The highest BCUT2D eigenvalue weighted by atomic mass is 16.7. The molecule has 21 heavy (non-hydrogen) atoms. The summed E-state index contributed by atoms with van der Waals surface area (Å²) in [6.45, 7) is 3.38. The van der Waals surface area contributed by atoms with E-state index in [-0.39, 0.29) is 50.2 Å². The molecule has 0 N–H and O–H groups in total. The second-order valence-electron chi connectivity index (χ2n) is 5.60. The molecule has 1 spiro atoms. The molecule has 0 aromatic heterocycles. The summed E-state index contributed by atoms with van der Waals surface area (Å²) < 4.78 is 38.3. The van der Waals surface area contributed by atoms with Gasteiger partial charge >= 0.3 is 0 Å². The SMILES string of the molecule is COCO[C@@H]1[C@H](OCOC)[C@H](C)C[C@]2(CO2)[C@H]1OCOC. The lowest BCUT2D eigenvalue weighted by Gasteiger charge is -2.44. The molecule has 0 aromatic carbocycles. The second-order valence-corrected chi connectivity index (χ2v) is 5.60. The Bertz CT molecular complexity index is 308. The molecule has 7 nitrogen and oxygen atoms in total. The first-order valence-electron chi connectivity index (χ1n) is 7.14. The molecule has 1 aliphatic carbocycles. The van der Waals surface area contributed by atoms with Gasteiger partial charge in [0.1, 0.15) is 38.2 Å². The lowest BCUT2D eigenvalue weighted by atomic mass is 9.76. The van der Waals surface area contributed by atoms with Crippen LogP contribution in [0.15, 0.2) is 0 Å². The van der Waals surface area contributed by atoms with Gasteiger partial charge in [-0.2, -0.15) is 0 Å². The number of epoxide rings is 1. The smallest absolute Gasteiger partial charge is 0.146 e. The van der Waals surface area contributed by atoms with Crippen LogP contribution in [0.5, 0.6) is 0 Å². The first-order valence-corrected chi connectivity index (χ1v) is 7.14. The van der Waals surface area contributed by atoms with Crippen LogP contribution in [-0.4, -0.2) is 72.2 Å². The van der Waals surface area contributed by atoms with Crippen LogP contribution in [0, 0.1) is 5.92 Å². The van der Waals surface area contributed by atoms with Gasteiger partial charge in [0.25, 0.3) is 0 Å². The molecule has 0 bridgehead atoms. The third kappa shape index (κ3) is 3.92. The maximum atomic E-state index is 5.83. The van der Waals surface area contributed by atoms with E-state index in [9.17, 15) is 0 Å². The van der Waals surface area contributed by atoms with Gasteiger partial charge in [-0.25, -0.2) is 0 Å². The largest absolute Gasteiger partial charge is 0.367 e. The molecule has 2 aliphatic rings. The average molecular weight is 306 g/mol. The highest BCUT2D eigenvalue weighted by Crippen LogP contribution is 2.47. The molecule has 5 atom stereocenters. The molecule has 0 unspecified atom stereocenters. The third-order valence-electron chi connectivity index (χ3n) is 4.01. The molecule has 0 aromatic rings. The number of hydrogen-bond donors (Lipinski definition) is 0. The number of rotatable bonds is 9. The topological polar surface area (TPSA) is 67.9 Å². The van der Waals surface area contributed by atoms with E-state index < -0.39 is 0 Å². The van der Waals surface area contributed by atoms with E-state index in [1.807, 2.05) is 0 Å². The van der Waals surface area contributed by atoms with Crippen molar-refractivity contribution >= 4 is 0 Å². The lowest BCUT2D eigenvalue weighted by Crippen LogP contribution is -2.58. The molecule has 2 rings (SSSR count). The average Bonchev–Trinajstić information content (AvgIpc) is 3.23. The quantitative estimate of drug-likeness (QED) is 0.460. The van der Waals surface area contributed by atoms with E-state index >= 15 is 0 Å². The van der Waals surface area contributed by atoms with Crippen LogP contribution in [0.1, 0.15) is 13.3 Å². The van der Waals surface area contributed by atoms with Crippen LogP contribution in [0.25, 0.3) is 0 Å². The predicted molar refractivity (Wildman–Crippen MR) is 72.7 cm³/mol. The van der Waals surface area contributed by atoms with Gasteiger partial charge in [-0.1, -0.05) is 6.92 Å². The van der Waals surface area contributed by atoms with Gasteiger partial charge in [0.05, 0.1) is 12.7 Å². The summed E-state index contributed by atoms with van der Waals surface area (Å²) in [5, 5.41) is 0. The van der Waals surface area contributed by atoms with Gasteiger partial charge < -0.3 is 33.2 Å². The molecular formula is C14H26O7. The van der Waals surface area contributed by atoms with Gasteiger partial charge in [0.15, 0.2) is 0 Å². The van der Waals surface area contributed by atoms with E-state index in [1.165, 1.54) is 0 Å². The Morgan fingerprint density at radius 2 is 1.43 bits per heavy atom. The van der Waals surface area contributed by atoms with Crippen molar-refractivity contribution in [1.82, 2.24) is 0 Å². The van der Waals surface area contributed by atoms with Crippen LogP contribution in [0.4, 0.5) is 0 Å². The van der Waals surface area contributed by atoms with Crippen molar-refractivity contribution in [1.29, 1.82) is 0 Å². The number of hydrogen-bond acceptors (Lipinski definition) is 7. The molecule has 1 saturated heterocycles. The molecule has 0 radical (unpaired) electrons. The van der Waals surface area contributed by atoms with Crippen molar-refractivity contribution < 1.29 is 33.2 Å². The Morgan fingerprint density at radius 1 is 0.905 bits per heavy atom. The fraction of sp³-hybridized carbons (Fsp3) is 1.00. The van der Waals surface area contributed by atoms with E-state index in [1.54, 1.807) is 21.3 Å². The first kappa shape index (κ1) is 17.1. The fourth-order valence-electron chi connectivity index (χ4n) is 3.07. The van der Waals surface area contributed by atoms with E-state index in [0.717, 1.165) is 6.42 Å². The fourth-order valence-corrected chi connectivity index (χ4v) is 3.07. The Balaban J connectivity index is 2.10. The van der Waals surface area contributed by atoms with Crippen LogP contribution >= 0.6 is 0 Å². The van der Waals surface area contributed by atoms with E-state index in [2.05, 4.69) is 6.92 Å². The van der Waals surface area contributed by atoms with Crippen molar-refractivity contribution in [2.75, 3.05) is 48.3 Å². The summed E-state index contributed by atoms with van der Waals surface area (Å²) >= 11 is 0. The minimum absolute atomic E-state index is 0.142. The van der Waals surface area contributed by atoms with Crippen molar-refractivity contribution in [3.05, 3.63) is 0 Å². The number of ether oxygens (including phenoxy) is 7. The summed E-state index contributed by atoms with van der Waals surface area (Å²) in [6.07, 6.45) is 0.187.